The molecular formula is C9H11NS. The lowest BCUT2D eigenvalue weighted by atomic mass is 10.3. The van der Waals surface area contributed by atoms with Gasteiger partial charge in [-0.25, -0.2) is 0 Å². The summed E-state index contributed by atoms with van der Waals surface area (Å²) in [5.41, 5.74) is 1.59. The molecule has 0 spiro atoms. The molecule has 1 aromatic heterocycles. The summed E-state index contributed by atoms with van der Waals surface area (Å²) in [5, 5.41) is 2.22. The molecule has 2 heteroatoms. The Hall–Kier alpha value is -0.340. The van der Waals surface area contributed by atoms with Gasteiger partial charge in [-0.05, 0) is 29.9 Å². The van der Waals surface area contributed by atoms with Gasteiger partial charge in [-0.3, -0.25) is 4.90 Å². The first kappa shape index (κ1) is 6.21. The summed E-state index contributed by atoms with van der Waals surface area (Å²) in [7, 11) is 0. The second kappa shape index (κ2) is 2.08. The SMILES string of the molecule is c1cc2c(s1)CN(C1CC1)C2. The monoisotopic (exact) mass is 165 g/mol. The van der Waals surface area contributed by atoms with Crippen molar-refractivity contribution < 1.29 is 0 Å². The van der Waals surface area contributed by atoms with E-state index in [4.69, 9.17) is 0 Å². The number of thiophene rings is 1. The first-order chi connectivity index (χ1) is 5.43. The summed E-state index contributed by atoms with van der Waals surface area (Å²) < 4.78 is 0. The molecule has 0 radical (unpaired) electrons. The number of nitrogens with zero attached hydrogens (tertiary/aromatic N) is 1. The van der Waals surface area contributed by atoms with Gasteiger partial charge in [0, 0.05) is 24.0 Å². The highest BCUT2D eigenvalue weighted by Gasteiger charge is 2.33. The van der Waals surface area contributed by atoms with E-state index in [-0.39, 0.29) is 0 Å². The van der Waals surface area contributed by atoms with Crippen molar-refractivity contribution in [2.24, 2.45) is 0 Å². The Morgan fingerprint density at radius 2 is 2.27 bits per heavy atom. The van der Waals surface area contributed by atoms with Crippen LogP contribution in [0, 0.1) is 0 Å². The van der Waals surface area contributed by atoms with Crippen LogP contribution < -0.4 is 0 Å². The Morgan fingerprint density at radius 3 is 3.00 bits per heavy atom. The maximum absolute atomic E-state index is 2.61. The largest absolute Gasteiger partial charge is 0.291 e. The van der Waals surface area contributed by atoms with Crippen molar-refractivity contribution in [3.05, 3.63) is 21.9 Å². The minimum absolute atomic E-state index is 0.939. The summed E-state index contributed by atoms with van der Waals surface area (Å²) >= 11 is 1.92. The van der Waals surface area contributed by atoms with Gasteiger partial charge in [0.05, 0.1) is 0 Å². The van der Waals surface area contributed by atoms with Crippen LogP contribution in [0.5, 0.6) is 0 Å². The van der Waals surface area contributed by atoms with Crippen LogP contribution in [0.3, 0.4) is 0 Å². The molecule has 1 fully saturated rings. The maximum Gasteiger partial charge on any atom is 0.0337 e. The average molecular weight is 165 g/mol. The topological polar surface area (TPSA) is 3.24 Å². The third-order valence-corrected chi connectivity index (χ3v) is 3.57. The van der Waals surface area contributed by atoms with Gasteiger partial charge in [-0.1, -0.05) is 0 Å². The fourth-order valence-corrected chi connectivity index (χ4v) is 2.72. The third kappa shape index (κ3) is 0.932. The van der Waals surface area contributed by atoms with E-state index in [9.17, 15) is 0 Å². The molecule has 0 aromatic carbocycles. The molecule has 0 amide bonds. The molecular weight excluding hydrogens is 154 g/mol. The molecule has 2 aliphatic rings. The van der Waals surface area contributed by atoms with Crippen molar-refractivity contribution in [3.63, 3.8) is 0 Å². The van der Waals surface area contributed by atoms with Crippen LogP contribution in [-0.4, -0.2) is 10.9 Å². The Labute approximate surface area is 70.6 Å². The Kier molecular flexibility index (Phi) is 1.17. The predicted molar refractivity (Wildman–Crippen MR) is 46.6 cm³/mol. The van der Waals surface area contributed by atoms with Crippen molar-refractivity contribution in [2.75, 3.05) is 0 Å². The van der Waals surface area contributed by atoms with Gasteiger partial charge in [0.1, 0.15) is 0 Å². The van der Waals surface area contributed by atoms with Gasteiger partial charge in [-0.2, -0.15) is 0 Å². The summed E-state index contributed by atoms with van der Waals surface area (Å²) in [6.07, 6.45) is 2.88. The molecule has 58 valence electrons. The third-order valence-electron chi connectivity index (χ3n) is 2.62. The molecule has 2 heterocycles. The lowest BCUT2D eigenvalue weighted by Gasteiger charge is -2.12. The van der Waals surface area contributed by atoms with Gasteiger partial charge < -0.3 is 0 Å². The number of hydrogen-bond donors (Lipinski definition) is 0. The van der Waals surface area contributed by atoms with E-state index < -0.39 is 0 Å². The normalized spacial score (nSPS) is 24.0. The molecule has 1 aliphatic heterocycles. The maximum atomic E-state index is 2.61. The van der Waals surface area contributed by atoms with Crippen LogP contribution in [0.1, 0.15) is 23.3 Å². The summed E-state index contributed by atoms with van der Waals surface area (Å²) in [4.78, 5) is 4.22. The smallest absolute Gasteiger partial charge is 0.0337 e. The number of rotatable bonds is 1. The number of fused-ring (bicyclic) bond motifs is 1. The van der Waals surface area contributed by atoms with Crippen LogP contribution in [0.2, 0.25) is 0 Å². The standard InChI is InChI=1S/C9H11NS/c1-2-8(1)10-5-7-3-4-11-9(7)6-10/h3-4,8H,1-2,5-6H2. The van der Waals surface area contributed by atoms with Gasteiger partial charge in [0.25, 0.3) is 0 Å². The molecule has 0 bridgehead atoms. The molecule has 0 N–H and O–H groups in total. The Bertz CT molecular complexity index is 254. The zero-order chi connectivity index (χ0) is 7.26. The van der Waals surface area contributed by atoms with E-state index >= 15 is 0 Å². The zero-order valence-corrected chi connectivity index (χ0v) is 7.23. The molecule has 0 saturated heterocycles. The average Bonchev–Trinajstić information content (AvgIpc) is 2.60. The van der Waals surface area contributed by atoms with E-state index in [0.29, 0.717) is 0 Å². The molecule has 0 unspecified atom stereocenters. The Balaban J connectivity index is 1.86. The van der Waals surface area contributed by atoms with Crippen molar-refractivity contribution in [3.8, 4) is 0 Å². The molecule has 1 saturated carbocycles. The van der Waals surface area contributed by atoms with E-state index in [2.05, 4.69) is 16.3 Å². The fraction of sp³-hybridized carbons (Fsp3) is 0.556. The summed E-state index contributed by atoms with van der Waals surface area (Å²) in [6, 6.07) is 3.22. The lowest BCUT2D eigenvalue weighted by molar-refractivity contribution is 0.274. The summed E-state index contributed by atoms with van der Waals surface area (Å²) in [6.45, 7) is 2.46. The molecule has 1 nitrogen and oxygen atoms in total. The molecule has 11 heavy (non-hydrogen) atoms. The molecule has 1 aliphatic carbocycles. The molecule has 1 aromatic rings. The summed E-state index contributed by atoms with van der Waals surface area (Å²) in [5.74, 6) is 0. The minimum atomic E-state index is 0.939. The minimum Gasteiger partial charge on any atom is -0.291 e. The van der Waals surface area contributed by atoms with Crippen LogP contribution in [0.25, 0.3) is 0 Å². The van der Waals surface area contributed by atoms with Crippen LogP contribution in [0.4, 0.5) is 0 Å². The van der Waals surface area contributed by atoms with E-state index in [1.165, 1.54) is 25.9 Å². The second-order valence-electron chi connectivity index (χ2n) is 3.51. The predicted octanol–water partition coefficient (Wildman–Crippen LogP) is 2.23. The quantitative estimate of drug-likeness (QED) is 0.617. The van der Waals surface area contributed by atoms with Crippen LogP contribution >= 0.6 is 11.3 Å². The zero-order valence-electron chi connectivity index (χ0n) is 6.42. The van der Waals surface area contributed by atoms with Gasteiger partial charge in [0.2, 0.25) is 0 Å². The van der Waals surface area contributed by atoms with Crippen LogP contribution in [0.15, 0.2) is 11.4 Å². The molecule has 3 rings (SSSR count). The highest BCUT2D eigenvalue weighted by atomic mass is 32.1. The van der Waals surface area contributed by atoms with Crippen molar-refractivity contribution >= 4 is 11.3 Å². The second-order valence-corrected chi connectivity index (χ2v) is 4.51. The molecule has 0 atom stereocenters. The first-order valence-corrected chi connectivity index (χ1v) is 5.11. The van der Waals surface area contributed by atoms with Gasteiger partial charge in [-0.15, -0.1) is 11.3 Å². The van der Waals surface area contributed by atoms with Crippen molar-refractivity contribution in [1.29, 1.82) is 0 Å². The van der Waals surface area contributed by atoms with Gasteiger partial charge >= 0.3 is 0 Å². The highest BCUT2D eigenvalue weighted by molar-refractivity contribution is 7.10. The van der Waals surface area contributed by atoms with Gasteiger partial charge in [0.15, 0.2) is 0 Å². The fourth-order valence-electron chi connectivity index (χ4n) is 1.80. The van der Waals surface area contributed by atoms with Crippen molar-refractivity contribution in [2.45, 2.75) is 32.0 Å². The Morgan fingerprint density at radius 1 is 1.36 bits per heavy atom. The van der Waals surface area contributed by atoms with E-state index in [0.717, 1.165) is 6.04 Å². The van der Waals surface area contributed by atoms with E-state index in [1.54, 1.807) is 10.4 Å². The number of hydrogen-bond acceptors (Lipinski definition) is 2. The lowest BCUT2D eigenvalue weighted by Crippen LogP contribution is -2.18. The first-order valence-electron chi connectivity index (χ1n) is 4.23. The van der Waals surface area contributed by atoms with Crippen molar-refractivity contribution in [1.82, 2.24) is 4.90 Å². The van der Waals surface area contributed by atoms with Crippen LogP contribution in [-0.2, 0) is 13.1 Å². The highest BCUT2D eigenvalue weighted by Crippen LogP contribution is 2.36. The van der Waals surface area contributed by atoms with E-state index in [1.807, 2.05) is 11.3 Å².